The van der Waals surface area contributed by atoms with E-state index >= 15 is 0 Å². The maximum Gasteiger partial charge on any atom is 0.273 e. The number of nitrogens with one attached hydrogen (secondary N) is 1. The van der Waals surface area contributed by atoms with E-state index in [9.17, 15) is 4.79 Å². The summed E-state index contributed by atoms with van der Waals surface area (Å²) >= 11 is 0. The normalized spacial score (nSPS) is 10.5. The first-order chi connectivity index (χ1) is 8.54. The molecule has 1 heterocycles. The van der Waals surface area contributed by atoms with E-state index in [0.717, 1.165) is 19.5 Å². The first kappa shape index (κ1) is 14.4. The maximum atomic E-state index is 12.0. The molecule has 0 bridgehead atoms. The number of hydrogen-bond donors (Lipinski definition) is 1. The molecule has 0 atom stereocenters. The van der Waals surface area contributed by atoms with Crippen molar-refractivity contribution in [2.75, 3.05) is 25.5 Å². The molecule has 1 aromatic heterocycles. The van der Waals surface area contributed by atoms with Crippen molar-refractivity contribution in [3.8, 4) is 0 Å². The number of rotatable bonds is 6. The Kier molecular flexibility index (Phi) is 5.55. The average molecular weight is 250 g/mol. The topological polar surface area (TPSA) is 58.1 Å². The lowest BCUT2D eigenvalue weighted by Gasteiger charge is -2.18. The summed E-state index contributed by atoms with van der Waals surface area (Å²) in [5.41, 5.74) is 0.389. The highest BCUT2D eigenvalue weighted by molar-refractivity contribution is 5.91. The summed E-state index contributed by atoms with van der Waals surface area (Å²) < 4.78 is 0. The minimum absolute atomic E-state index is 0.0850. The van der Waals surface area contributed by atoms with Crippen LogP contribution in [0.4, 0.5) is 5.82 Å². The Balaban J connectivity index is 2.63. The molecule has 0 radical (unpaired) electrons. The molecule has 1 aromatic rings. The van der Waals surface area contributed by atoms with Crippen LogP contribution in [0.25, 0.3) is 0 Å². The number of carbonyl (C=O) groups is 1. The molecule has 5 nitrogen and oxygen atoms in total. The molecule has 5 heteroatoms. The van der Waals surface area contributed by atoms with Gasteiger partial charge in [0.15, 0.2) is 0 Å². The van der Waals surface area contributed by atoms with E-state index in [4.69, 9.17) is 0 Å². The van der Waals surface area contributed by atoms with Crippen LogP contribution in [-0.2, 0) is 0 Å². The number of anilines is 1. The molecule has 0 aliphatic carbocycles. The fourth-order valence-electron chi connectivity index (χ4n) is 1.61. The third-order valence-corrected chi connectivity index (χ3v) is 2.41. The highest BCUT2D eigenvalue weighted by atomic mass is 16.2. The summed E-state index contributed by atoms with van der Waals surface area (Å²) in [6.07, 6.45) is 4.16. The van der Waals surface area contributed by atoms with Crippen molar-refractivity contribution in [2.24, 2.45) is 5.92 Å². The van der Waals surface area contributed by atoms with Crippen molar-refractivity contribution in [1.29, 1.82) is 0 Å². The van der Waals surface area contributed by atoms with Crippen LogP contribution >= 0.6 is 0 Å². The number of hydrogen-bond acceptors (Lipinski definition) is 4. The number of carbonyl (C=O) groups excluding carboxylic acids is 1. The molecule has 1 N–H and O–H groups in total. The smallest absolute Gasteiger partial charge is 0.273 e. The molecule has 0 saturated heterocycles. The van der Waals surface area contributed by atoms with Gasteiger partial charge in [0.05, 0.1) is 12.4 Å². The molecule has 0 spiro atoms. The maximum absolute atomic E-state index is 12.0. The third kappa shape index (κ3) is 4.31. The Labute approximate surface area is 109 Å². The number of amides is 1. The second-order valence-electron chi connectivity index (χ2n) is 4.79. The van der Waals surface area contributed by atoms with Gasteiger partial charge in [-0.2, -0.15) is 0 Å². The van der Waals surface area contributed by atoms with Crippen LogP contribution in [0.3, 0.4) is 0 Å². The molecule has 0 saturated carbocycles. The fourth-order valence-corrected chi connectivity index (χ4v) is 1.61. The largest absolute Gasteiger partial charge is 0.369 e. The minimum atomic E-state index is -0.0850. The van der Waals surface area contributed by atoms with Gasteiger partial charge in [-0.15, -0.1) is 0 Å². The fraction of sp³-hybridized carbons (Fsp3) is 0.615. The number of nitrogens with zero attached hydrogens (tertiary/aromatic N) is 3. The number of aromatic nitrogens is 2. The Bertz CT molecular complexity index is 375. The first-order valence-electron chi connectivity index (χ1n) is 6.36. The monoisotopic (exact) mass is 250 g/mol. The highest BCUT2D eigenvalue weighted by Crippen LogP contribution is 2.05. The summed E-state index contributed by atoms with van der Waals surface area (Å²) in [7, 11) is 1.78. The third-order valence-electron chi connectivity index (χ3n) is 2.41. The van der Waals surface area contributed by atoms with Gasteiger partial charge in [0.25, 0.3) is 5.91 Å². The Morgan fingerprint density at radius 3 is 2.61 bits per heavy atom. The molecule has 1 rings (SSSR count). The van der Waals surface area contributed by atoms with Gasteiger partial charge in [0.1, 0.15) is 11.5 Å². The SMILES string of the molecule is CCCNc1cnc(C(=O)N(C)CC(C)C)cn1. The molecular weight excluding hydrogens is 228 g/mol. The van der Waals surface area contributed by atoms with Crippen molar-refractivity contribution in [3.05, 3.63) is 18.1 Å². The second-order valence-corrected chi connectivity index (χ2v) is 4.79. The summed E-state index contributed by atoms with van der Waals surface area (Å²) in [6, 6.07) is 0. The zero-order chi connectivity index (χ0) is 13.5. The van der Waals surface area contributed by atoms with Crippen LogP contribution in [0.5, 0.6) is 0 Å². The van der Waals surface area contributed by atoms with E-state index in [2.05, 4.69) is 36.1 Å². The molecule has 0 fully saturated rings. The lowest BCUT2D eigenvalue weighted by molar-refractivity contribution is 0.0773. The van der Waals surface area contributed by atoms with Crippen LogP contribution in [0, 0.1) is 5.92 Å². The molecule has 0 unspecified atom stereocenters. The van der Waals surface area contributed by atoms with Crippen molar-refractivity contribution in [2.45, 2.75) is 27.2 Å². The predicted octanol–water partition coefficient (Wildman–Crippen LogP) is 2.03. The van der Waals surface area contributed by atoms with Crippen molar-refractivity contribution < 1.29 is 4.79 Å². The van der Waals surface area contributed by atoms with Crippen LogP contribution in [-0.4, -0.2) is 40.9 Å². The summed E-state index contributed by atoms with van der Waals surface area (Å²) in [6.45, 7) is 7.81. The van der Waals surface area contributed by atoms with Gasteiger partial charge < -0.3 is 10.2 Å². The van der Waals surface area contributed by atoms with Crippen LogP contribution in [0.15, 0.2) is 12.4 Å². The molecule has 0 aromatic carbocycles. The van der Waals surface area contributed by atoms with Crippen LogP contribution in [0.2, 0.25) is 0 Å². The van der Waals surface area contributed by atoms with E-state index < -0.39 is 0 Å². The Morgan fingerprint density at radius 2 is 2.11 bits per heavy atom. The second kappa shape index (κ2) is 6.93. The molecular formula is C13H22N4O. The van der Waals surface area contributed by atoms with Gasteiger partial charge in [-0.25, -0.2) is 9.97 Å². The van der Waals surface area contributed by atoms with Gasteiger partial charge >= 0.3 is 0 Å². The Hall–Kier alpha value is -1.65. The molecule has 18 heavy (non-hydrogen) atoms. The predicted molar refractivity (Wildman–Crippen MR) is 72.6 cm³/mol. The van der Waals surface area contributed by atoms with Crippen LogP contribution in [0.1, 0.15) is 37.7 Å². The van der Waals surface area contributed by atoms with E-state index in [0.29, 0.717) is 17.4 Å². The van der Waals surface area contributed by atoms with E-state index in [1.54, 1.807) is 18.1 Å². The van der Waals surface area contributed by atoms with E-state index in [1.165, 1.54) is 6.20 Å². The average Bonchev–Trinajstić information content (AvgIpc) is 2.35. The zero-order valence-corrected chi connectivity index (χ0v) is 11.6. The van der Waals surface area contributed by atoms with E-state index in [-0.39, 0.29) is 5.91 Å². The quantitative estimate of drug-likeness (QED) is 0.839. The van der Waals surface area contributed by atoms with Gasteiger partial charge in [0, 0.05) is 20.1 Å². The summed E-state index contributed by atoms with van der Waals surface area (Å²) in [4.78, 5) is 22.0. The van der Waals surface area contributed by atoms with Crippen molar-refractivity contribution >= 4 is 11.7 Å². The molecule has 100 valence electrons. The van der Waals surface area contributed by atoms with E-state index in [1.807, 2.05) is 0 Å². The lowest BCUT2D eigenvalue weighted by atomic mass is 10.2. The highest BCUT2D eigenvalue weighted by Gasteiger charge is 2.14. The zero-order valence-electron chi connectivity index (χ0n) is 11.6. The summed E-state index contributed by atoms with van der Waals surface area (Å²) in [5, 5.41) is 3.12. The molecule has 0 aliphatic rings. The van der Waals surface area contributed by atoms with Crippen molar-refractivity contribution in [1.82, 2.24) is 14.9 Å². The minimum Gasteiger partial charge on any atom is -0.369 e. The Morgan fingerprint density at radius 1 is 1.39 bits per heavy atom. The molecule has 1 amide bonds. The van der Waals surface area contributed by atoms with Crippen molar-refractivity contribution in [3.63, 3.8) is 0 Å². The van der Waals surface area contributed by atoms with Gasteiger partial charge in [-0.1, -0.05) is 20.8 Å². The van der Waals surface area contributed by atoms with Gasteiger partial charge in [0.2, 0.25) is 0 Å². The van der Waals surface area contributed by atoms with Gasteiger partial charge in [-0.3, -0.25) is 4.79 Å². The summed E-state index contributed by atoms with van der Waals surface area (Å²) in [5.74, 6) is 1.07. The lowest BCUT2D eigenvalue weighted by Crippen LogP contribution is -2.31. The van der Waals surface area contributed by atoms with Gasteiger partial charge in [-0.05, 0) is 12.3 Å². The molecule has 0 aliphatic heterocycles. The first-order valence-corrected chi connectivity index (χ1v) is 6.36. The van der Waals surface area contributed by atoms with Crippen LogP contribution < -0.4 is 5.32 Å². The standard InChI is InChI=1S/C13H22N4O/c1-5-6-14-12-8-15-11(7-16-12)13(18)17(4)9-10(2)3/h7-8,10H,5-6,9H2,1-4H3,(H,14,16).